The highest BCUT2D eigenvalue weighted by molar-refractivity contribution is 7.12. The van der Waals surface area contributed by atoms with Crippen LogP contribution in [0.2, 0.25) is 0 Å². The number of rotatable bonds is 4. The Hall–Kier alpha value is -2.49. The van der Waals surface area contributed by atoms with Gasteiger partial charge in [-0.15, -0.1) is 16.4 Å². The van der Waals surface area contributed by atoms with Crippen LogP contribution in [0.1, 0.15) is 9.67 Å². The van der Waals surface area contributed by atoms with Gasteiger partial charge in [-0.25, -0.2) is 4.52 Å². The summed E-state index contributed by atoms with van der Waals surface area (Å²) in [5, 5.41) is 8.93. The molecule has 3 aromatic heterocycles. The van der Waals surface area contributed by atoms with Gasteiger partial charge in [-0.05, 0) is 29.1 Å². The largest absolute Gasteiger partial charge is 0.376 e. The first-order valence-corrected chi connectivity index (χ1v) is 8.75. The van der Waals surface area contributed by atoms with Crippen LogP contribution in [-0.2, 0) is 9.47 Å². The summed E-state index contributed by atoms with van der Waals surface area (Å²) in [4.78, 5) is 17.0. The van der Waals surface area contributed by atoms with Crippen molar-refractivity contribution in [2.45, 2.75) is 6.10 Å². The zero-order chi connectivity index (χ0) is 17.2. The lowest BCUT2D eigenvalue weighted by Crippen LogP contribution is -2.39. The third kappa shape index (κ3) is 3.48. The number of pyridine rings is 1. The Bertz CT molecular complexity index is 900. The van der Waals surface area contributed by atoms with E-state index in [4.69, 9.17) is 15.2 Å². The number of anilines is 1. The number of nitrogen functional groups attached to an aromatic ring is 1. The Balaban J connectivity index is 1.45. The van der Waals surface area contributed by atoms with E-state index in [2.05, 4.69) is 15.4 Å². The monoisotopic (exact) mass is 359 g/mol. The highest BCUT2D eigenvalue weighted by Crippen LogP contribution is 2.26. The van der Waals surface area contributed by atoms with Crippen molar-refractivity contribution in [3.63, 3.8) is 0 Å². The van der Waals surface area contributed by atoms with E-state index in [0.29, 0.717) is 36.9 Å². The molecule has 0 spiro atoms. The van der Waals surface area contributed by atoms with E-state index in [-0.39, 0.29) is 18.0 Å². The molecule has 3 aromatic rings. The lowest BCUT2D eigenvalue weighted by Gasteiger charge is -2.22. The molecule has 9 heteroatoms. The van der Waals surface area contributed by atoms with Crippen molar-refractivity contribution in [2.24, 2.45) is 0 Å². The van der Waals surface area contributed by atoms with Crippen LogP contribution in [0.5, 0.6) is 0 Å². The van der Waals surface area contributed by atoms with Crippen molar-refractivity contribution in [3.8, 4) is 11.1 Å². The summed E-state index contributed by atoms with van der Waals surface area (Å²) in [6.45, 7) is 2.13. The average Bonchev–Trinajstić information content (AvgIpc) is 3.25. The number of thiophene rings is 1. The minimum Gasteiger partial charge on any atom is -0.376 e. The number of aromatic nitrogens is 3. The van der Waals surface area contributed by atoms with Crippen molar-refractivity contribution in [1.29, 1.82) is 0 Å². The summed E-state index contributed by atoms with van der Waals surface area (Å²) in [5.74, 6) is 0.118. The van der Waals surface area contributed by atoms with Crippen molar-refractivity contribution < 1.29 is 14.3 Å². The Morgan fingerprint density at radius 3 is 3.16 bits per heavy atom. The van der Waals surface area contributed by atoms with Crippen LogP contribution in [0.15, 0.2) is 29.8 Å². The van der Waals surface area contributed by atoms with Gasteiger partial charge >= 0.3 is 0 Å². The molecule has 0 bridgehead atoms. The first kappa shape index (κ1) is 16.0. The van der Waals surface area contributed by atoms with Gasteiger partial charge in [0.1, 0.15) is 0 Å². The second kappa shape index (κ2) is 6.79. The van der Waals surface area contributed by atoms with Gasteiger partial charge < -0.3 is 20.5 Å². The van der Waals surface area contributed by atoms with E-state index in [1.807, 2.05) is 29.8 Å². The molecule has 1 amide bonds. The number of hydrogen-bond acceptors (Lipinski definition) is 7. The van der Waals surface area contributed by atoms with E-state index in [9.17, 15) is 4.79 Å². The van der Waals surface area contributed by atoms with Gasteiger partial charge in [0.15, 0.2) is 5.65 Å². The van der Waals surface area contributed by atoms with Crippen LogP contribution in [-0.4, -0.2) is 53.0 Å². The maximum absolute atomic E-state index is 12.3. The molecule has 25 heavy (non-hydrogen) atoms. The van der Waals surface area contributed by atoms with Crippen molar-refractivity contribution >= 4 is 28.8 Å². The van der Waals surface area contributed by atoms with Crippen molar-refractivity contribution in [2.75, 3.05) is 32.1 Å². The van der Waals surface area contributed by atoms with E-state index >= 15 is 0 Å². The molecule has 0 aromatic carbocycles. The number of carbonyl (C=O) groups is 1. The van der Waals surface area contributed by atoms with Crippen molar-refractivity contribution in [3.05, 3.63) is 34.7 Å². The summed E-state index contributed by atoms with van der Waals surface area (Å²) in [7, 11) is 0. The number of nitrogens with one attached hydrogen (secondary N) is 1. The standard InChI is InChI=1S/C16H17N5O3S/c17-16-19-14-2-1-10(7-21(14)20-16)11-5-13(25-9-11)15(22)18-6-12-8-23-3-4-24-12/h1-2,5,7,9,12H,3-4,6,8H2,(H2,17,20)(H,18,22). The van der Waals surface area contributed by atoms with Crippen LogP contribution in [0.4, 0.5) is 5.95 Å². The van der Waals surface area contributed by atoms with Crippen LogP contribution in [0.25, 0.3) is 16.8 Å². The molecule has 1 fully saturated rings. The van der Waals surface area contributed by atoms with E-state index in [0.717, 1.165) is 11.1 Å². The van der Waals surface area contributed by atoms with Crippen LogP contribution in [0.3, 0.4) is 0 Å². The second-order valence-electron chi connectivity index (χ2n) is 5.67. The van der Waals surface area contributed by atoms with Gasteiger partial charge in [0.2, 0.25) is 5.95 Å². The molecule has 1 saturated heterocycles. The van der Waals surface area contributed by atoms with Gasteiger partial charge in [0.25, 0.3) is 5.91 Å². The van der Waals surface area contributed by atoms with Gasteiger partial charge in [-0.1, -0.05) is 0 Å². The zero-order valence-electron chi connectivity index (χ0n) is 13.3. The molecular weight excluding hydrogens is 342 g/mol. The third-order valence-electron chi connectivity index (χ3n) is 3.88. The number of fused-ring (bicyclic) bond motifs is 1. The SMILES string of the molecule is Nc1nc2ccc(-c3csc(C(=O)NCC4COCCO4)c3)cn2n1. The number of nitrogens with two attached hydrogens (primary N) is 1. The minimum atomic E-state index is -0.114. The fourth-order valence-corrected chi connectivity index (χ4v) is 3.46. The van der Waals surface area contributed by atoms with Gasteiger partial charge in [-0.3, -0.25) is 4.79 Å². The highest BCUT2D eigenvalue weighted by Gasteiger charge is 2.17. The Labute approximate surface area is 147 Å². The fourth-order valence-electron chi connectivity index (χ4n) is 2.63. The highest BCUT2D eigenvalue weighted by atomic mass is 32.1. The fraction of sp³-hybridized carbons (Fsp3) is 0.312. The molecule has 0 radical (unpaired) electrons. The zero-order valence-corrected chi connectivity index (χ0v) is 14.2. The number of ether oxygens (including phenoxy) is 2. The lowest BCUT2D eigenvalue weighted by atomic mass is 10.1. The molecule has 8 nitrogen and oxygen atoms in total. The molecule has 4 rings (SSSR count). The van der Waals surface area contributed by atoms with Crippen molar-refractivity contribution in [1.82, 2.24) is 19.9 Å². The number of hydrogen-bond donors (Lipinski definition) is 2. The Kier molecular flexibility index (Phi) is 4.35. The van der Waals surface area contributed by atoms with Gasteiger partial charge in [0, 0.05) is 18.3 Å². The Morgan fingerprint density at radius 2 is 2.32 bits per heavy atom. The molecule has 1 aliphatic heterocycles. The quantitative estimate of drug-likeness (QED) is 0.725. The maximum atomic E-state index is 12.3. The summed E-state index contributed by atoms with van der Waals surface area (Å²) < 4.78 is 12.5. The third-order valence-corrected chi connectivity index (χ3v) is 4.81. The molecule has 0 saturated carbocycles. The average molecular weight is 359 g/mol. The molecule has 1 atom stereocenters. The number of nitrogens with zero attached hydrogens (tertiary/aromatic N) is 3. The molecule has 0 aliphatic carbocycles. The molecule has 4 heterocycles. The molecule has 1 unspecified atom stereocenters. The van der Waals surface area contributed by atoms with E-state index in [1.54, 1.807) is 4.52 Å². The first-order valence-electron chi connectivity index (χ1n) is 7.87. The van der Waals surface area contributed by atoms with E-state index in [1.165, 1.54) is 11.3 Å². The predicted molar refractivity (Wildman–Crippen MR) is 93.6 cm³/mol. The summed E-state index contributed by atoms with van der Waals surface area (Å²) >= 11 is 1.40. The molecule has 130 valence electrons. The summed E-state index contributed by atoms with van der Waals surface area (Å²) in [5.41, 5.74) is 8.18. The normalized spacial score (nSPS) is 17.7. The molecule has 3 N–H and O–H groups in total. The van der Waals surface area contributed by atoms with E-state index < -0.39 is 0 Å². The van der Waals surface area contributed by atoms with Crippen LogP contribution in [0, 0.1) is 0 Å². The van der Waals surface area contributed by atoms with Crippen LogP contribution < -0.4 is 11.1 Å². The minimum absolute atomic E-state index is 0.0858. The smallest absolute Gasteiger partial charge is 0.261 e. The number of amides is 1. The second-order valence-corrected chi connectivity index (χ2v) is 6.58. The number of carbonyl (C=O) groups excluding carboxylic acids is 1. The molecule has 1 aliphatic rings. The lowest BCUT2D eigenvalue weighted by molar-refractivity contribution is -0.0855. The predicted octanol–water partition coefficient (Wildman–Crippen LogP) is 1.19. The summed E-state index contributed by atoms with van der Waals surface area (Å²) in [6.07, 6.45) is 1.76. The first-order chi connectivity index (χ1) is 12.2. The summed E-state index contributed by atoms with van der Waals surface area (Å²) in [6, 6.07) is 5.64. The van der Waals surface area contributed by atoms with Gasteiger partial charge in [0.05, 0.1) is 30.8 Å². The maximum Gasteiger partial charge on any atom is 0.261 e. The Morgan fingerprint density at radius 1 is 1.40 bits per heavy atom. The molecular formula is C16H17N5O3S. The van der Waals surface area contributed by atoms with Gasteiger partial charge in [-0.2, -0.15) is 4.98 Å². The van der Waals surface area contributed by atoms with Crippen LogP contribution >= 0.6 is 11.3 Å². The topological polar surface area (TPSA) is 104 Å².